The van der Waals surface area contributed by atoms with E-state index in [1.807, 2.05) is 18.7 Å². The zero-order valence-corrected chi connectivity index (χ0v) is 12.4. The number of hydrogen-bond acceptors (Lipinski definition) is 1. The van der Waals surface area contributed by atoms with Crippen LogP contribution in [0, 0.1) is 5.82 Å². The second-order valence-corrected chi connectivity index (χ2v) is 4.81. The molecule has 18 heavy (non-hydrogen) atoms. The largest absolute Gasteiger partial charge is 0.370 e. The van der Waals surface area contributed by atoms with Gasteiger partial charge in [-0.25, -0.2) is 4.39 Å². The summed E-state index contributed by atoms with van der Waals surface area (Å²) in [7, 11) is 0. The highest BCUT2D eigenvalue weighted by molar-refractivity contribution is 9.10. The third-order valence-corrected chi connectivity index (χ3v) is 3.24. The third-order valence-electron chi connectivity index (χ3n) is 2.75. The fourth-order valence-corrected chi connectivity index (χ4v) is 2.08. The van der Waals surface area contributed by atoms with Crippen molar-refractivity contribution in [1.82, 2.24) is 4.90 Å². The number of benzene rings is 1. The Hall–Kier alpha value is -1.10. The van der Waals surface area contributed by atoms with E-state index in [0.29, 0.717) is 24.5 Å². The molecule has 3 nitrogen and oxygen atoms in total. The molecule has 5 heteroatoms. The maximum absolute atomic E-state index is 13.5. The van der Waals surface area contributed by atoms with Crippen molar-refractivity contribution in [2.75, 3.05) is 19.6 Å². The average molecular weight is 316 g/mol. The summed E-state index contributed by atoms with van der Waals surface area (Å²) in [6.07, 6.45) is 0.549. The summed E-state index contributed by atoms with van der Waals surface area (Å²) in [6.45, 7) is 6.21. The van der Waals surface area contributed by atoms with Gasteiger partial charge in [-0.1, -0.05) is 15.9 Å². The lowest BCUT2D eigenvalue weighted by molar-refractivity contribution is 0.458. The number of halogens is 2. The SMILES string of the molecule is CCN(CC)C(N)=NCCc1cc(Br)ccc1F. The van der Waals surface area contributed by atoms with Crippen molar-refractivity contribution in [2.24, 2.45) is 10.7 Å². The molecular formula is C13H19BrFN3. The van der Waals surface area contributed by atoms with Crippen molar-refractivity contribution >= 4 is 21.9 Å². The second-order valence-electron chi connectivity index (χ2n) is 3.90. The number of nitrogens with two attached hydrogens (primary N) is 1. The third kappa shape index (κ3) is 4.29. The fraction of sp³-hybridized carbons (Fsp3) is 0.462. The molecule has 1 aromatic carbocycles. The minimum absolute atomic E-state index is 0.199. The Morgan fingerprint density at radius 2 is 2.06 bits per heavy atom. The molecule has 0 bridgehead atoms. The number of guanidine groups is 1. The highest BCUT2D eigenvalue weighted by atomic mass is 79.9. The molecular weight excluding hydrogens is 297 g/mol. The molecule has 0 aliphatic carbocycles. The first-order valence-corrected chi connectivity index (χ1v) is 6.86. The molecule has 0 heterocycles. The molecule has 0 aliphatic heterocycles. The van der Waals surface area contributed by atoms with E-state index in [0.717, 1.165) is 17.6 Å². The van der Waals surface area contributed by atoms with Crippen LogP contribution in [0.5, 0.6) is 0 Å². The van der Waals surface area contributed by atoms with Gasteiger partial charge in [0.2, 0.25) is 0 Å². The normalized spacial score (nSPS) is 11.7. The van der Waals surface area contributed by atoms with Gasteiger partial charge in [-0.15, -0.1) is 0 Å². The van der Waals surface area contributed by atoms with Crippen LogP contribution in [0.2, 0.25) is 0 Å². The molecule has 0 saturated heterocycles. The molecule has 0 unspecified atom stereocenters. The van der Waals surface area contributed by atoms with Gasteiger partial charge in [0.05, 0.1) is 0 Å². The molecule has 0 fully saturated rings. The number of hydrogen-bond donors (Lipinski definition) is 1. The van der Waals surface area contributed by atoms with Gasteiger partial charge < -0.3 is 10.6 Å². The van der Waals surface area contributed by atoms with Crippen molar-refractivity contribution in [3.63, 3.8) is 0 Å². The zero-order chi connectivity index (χ0) is 13.5. The van der Waals surface area contributed by atoms with Crippen LogP contribution in [0.15, 0.2) is 27.7 Å². The van der Waals surface area contributed by atoms with Crippen LogP contribution in [0.1, 0.15) is 19.4 Å². The Bertz CT molecular complexity index is 417. The van der Waals surface area contributed by atoms with Crippen LogP contribution in [-0.2, 0) is 6.42 Å². The maximum atomic E-state index is 13.5. The molecule has 0 spiro atoms. The summed E-state index contributed by atoms with van der Waals surface area (Å²) < 4.78 is 14.3. The standard InChI is InChI=1S/C13H19BrFN3/c1-3-18(4-2)13(16)17-8-7-10-9-11(14)5-6-12(10)15/h5-6,9H,3-4,7-8H2,1-2H3,(H2,16,17). The van der Waals surface area contributed by atoms with Gasteiger partial charge >= 0.3 is 0 Å². The molecule has 2 N–H and O–H groups in total. The molecule has 0 saturated carbocycles. The summed E-state index contributed by atoms with van der Waals surface area (Å²) in [5, 5.41) is 0. The van der Waals surface area contributed by atoms with Crippen molar-refractivity contribution in [2.45, 2.75) is 20.3 Å². The molecule has 0 atom stereocenters. The zero-order valence-electron chi connectivity index (χ0n) is 10.8. The number of nitrogens with zero attached hydrogens (tertiary/aromatic N) is 2. The summed E-state index contributed by atoms with van der Waals surface area (Å²) in [5.41, 5.74) is 6.50. The molecule has 1 rings (SSSR count). The van der Waals surface area contributed by atoms with Crippen molar-refractivity contribution in [3.8, 4) is 0 Å². The Morgan fingerprint density at radius 1 is 1.39 bits per heavy atom. The molecule has 0 radical (unpaired) electrons. The van der Waals surface area contributed by atoms with E-state index in [2.05, 4.69) is 20.9 Å². The summed E-state index contributed by atoms with van der Waals surface area (Å²) in [4.78, 5) is 6.24. The van der Waals surface area contributed by atoms with E-state index in [9.17, 15) is 4.39 Å². The van der Waals surface area contributed by atoms with Gasteiger partial charge in [0.1, 0.15) is 5.82 Å². The number of aliphatic imine (C=N–C) groups is 1. The van der Waals surface area contributed by atoms with Gasteiger partial charge in [0, 0.05) is 24.1 Å². The van der Waals surface area contributed by atoms with Gasteiger partial charge in [0.15, 0.2) is 5.96 Å². The van der Waals surface area contributed by atoms with Gasteiger partial charge in [-0.2, -0.15) is 0 Å². The van der Waals surface area contributed by atoms with Gasteiger partial charge in [-0.05, 0) is 44.0 Å². The smallest absolute Gasteiger partial charge is 0.191 e. The van der Waals surface area contributed by atoms with Gasteiger partial charge in [-0.3, -0.25) is 4.99 Å². The first-order valence-electron chi connectivity index (χ1n) is 6.07. The first-order chi connectivity index (χ1) is 8.58. The predicted octanol–water partition coefficient (Wildman–Crippen LogP) is 2.79. The highest BCUT2D eigenvalue weighted by Gasteiger charge is 2.04. The number of rotatable bonds is 5. The average Bonchev–Trinajstić information content (AvgIpc) is 2.35. The van der Waals surface area contributed by atoms with Crippen LogP contribution in [0.4, 0.5) is 4.39 Å². The molecule has 1 aromatic rings. The minimum atomic E-state index is -0.199. The van der Waals surface area contributed by atoms with E-state index in [4.69, 9.17) is 5.73 Å². The molecule has 100 valence electrons. The van der Waals surface area contributed by atoms with Crippen molar-refractivity contribution in [3.05, 3.63) is 34.1 Å². The summed E-state index contributed by atoms with van der Waals surface area (Å²) in [5.74, 6) is 0.324. The lowest BCUT2D eigenvalue weighted by Gasteiger charge is -2.19. The van der Waals surface area contributed by atoms with Gasteiger partial charge in [0.25, 0.3) is 0 Å². The fourth-order valence-electron chi connectivity index (χ4n) is 1.67. The summed E-state index contributed by atoms with van der Waals surface area (Å²) >= 11 is 3.33. The van der Waals surface area contributed by atoms with Crippen LogP contribution in [-0.4, -0.2) is 30.5 Å². The van der Waals surface area contributed by atoms with Crippen LogP contribution in [0.3, 0.4) is 0 Å². The molecule has 0 aliphatic rings. The van der Waals surface area contributed by atoms with E-state index < -0.39 is 0 Å². The Balaban J connectivity index is 2.60. The van der Waals surface area contributed by atoms with E-state index in [1.54, 1.807) is 12.1 Å². The van der Waals surface area contributed by atoms with E-state index in [-0.39, 0.29) is 5.82 Å². The maximum Gasteiger partial charge on any atom is 0.191 e. The molecule has 0 amide bonds. The van der Waals surface area contributed by atoms with E-state index in [1.165, 1.54) is 6.07 Å². The highest BCUT2D eigenvalue weighted by Crippen LogP contribution is 2.15. The first kappa shape index (κ1) is 15.0. The van der Waals surface area contributed by atoms with Crippen LogP contribution in [0.25, 0.3) is 0 Å². The lowest BCUT2D eigenvalue weighted by Crippen LogP contribution is -2.37. The lowest BCUT2D eigenvalue weighted by atomic mass is 10.1. The van der Waals surface area contributed by atoms with Crippen LogP contribution >= 0.6 is 15.9 Å². The Kier molecular flexibility index (Phi) is 6.12. The minimum Gasteiger partial charge on any atom is -0.370 e. The molecule has 0 aromatic heterocycles. The topological polar surface area (TPSA) is 41.6 Å². The second kappa shape index (κ2) is 7.36. The van der Waals surface area contributed by atoms with E-state index >= 15 is 0 Å². The monoisotopic (exact) mass is 315 g/mol. The van der Waals surface area contributed by atoms with Crippen molar-refractivity contribution in [1.29, 1.82) is 0 Å². The summed E-state index contributed by atoms with van der Waals surface area (Å²) in [6, 6.07) is 4.92. The Morgan fingerprint density at radius 3 is 2.67 bits per heavy atom. The van der Waals surface area contributed by atoms with Crippen molar-refractivity contribution < 1.29 is 4.39 Å². The Labute approximate surface area is 116 Å². The predicted molar refractivity (Wildman–Crippen MR) is 77.2 cm³/mol. The van der Waals surface area contributed by atoms with Crippen LogP contribution < -0.4 is 5.73 Å². The quantitative estimate of drug-likeness (QED) is 0.670.